The van der Waals surface area contributed by atoms with Crippen LogP contribution in [0.1, 0.15) is 24.5 Å². The molecule has 1 N–H and O–H groups in total. The van der Waals surface area contributed by atoms with Crippen LogP contribution in [0.2, 0.25) is 5.02 Å². The largest absolute Gasteiger partial charge is 0.313 e. The zero-order chi connectivity index (χ0) is 13.7. The van der Waals surface area contributed by atoms with E-state index in [0.717, 1.165) is 30.1 Å². The van der Waals surface area contributed by atoms with Gasteiger partial charge in [0.2, 0.25) is 0 Å². The lowest BCUT2D eigenvalue weighted by Crippen LogP contribution is -2.14. The van der Waals surface area contributed by atoms with Crippen LogP contribution < -0.4 is 5.32 Å². The van der Waals surface area contributed by atoms with Gasteiger partial charge < -0.3 is 5.32 Å². The van der Waals surface area contributed by atoms with E-state index in [-0.39, 0.29) is 0 Å². The Balaban J connectivity index is 2.28. The fraction of sp³-hybridized carbons (Fsp3) is 0.312. The first-order valence-corrected chi connectivity index (χ1v) is 7.00. The summed E-state index contributed by atoms with van der Waals surface area (Å²) < 4.78 is 0. The van der Waals surface area contributed by atoms with Crippen LogP contribution in [-0.2, 0) is 6.54 Å². The van der Waals surface area contributed by atoms with Gasteiger partial charge in [0.1, 0.15) is 0 Å². The fourth-order valence-electron chi connectivity index (χ4n) is 2.07. The van der Waals surface area contributed by atoms with Gasteiger partial charge in [0.05, 0.1) is 0 Å². The molecule has 2 nitrogen and oxygen atoms in total. The van der Waals surface area contributed by atoms with Crippen LogP contribution >= 0.6 is 11.6 Å². The Labute approximate surface area is 119 Å². The second-order valence-corrected chi connectivity index (χ2v) is 5.08. The van der Waals surface area contributed by atoms with Crippen LogP contribution in [-0.4, -0.2) is 11.5 Å². The summed E-state index contributed by atoms with van der Waals surface area (Å²) in [5.74, 6) is 0. The summed E-state index contributed by atoms with van der Waals surface area (Å²) in [6.45, 7) is 6.05. The van der Waals surface area contributed by atoms with Gasteiger partial charge >= 0.3 is 0 Å². The van der Waals surface area contributed by atoms with Crippen LogP contribution in [0.25, 0.3) is 11.1 Å². The van der Waals surface area contributed by atoms with Crippen molar-refractivity contribution in [2.24, 2.45) is 0 Å². The molecule has 0 unspecified atom stereocenters. The van der Waals surface area contributed by atoms with Gasteiger partial charge in [0.25, 0.3) is 0 Å². The number of aryl methyl sites for hydroxylation is 1. The molecule has 1 aromatic carbocycles. The number of hydrogen-bond acceptors (Lipinski definition) is 2. The number of nitrogens with one attached hydrogen (secondary N) is 1. The first-order valence-electron chi connectivity index (χ1n) is 6.62. The molecule has 0 fully saturated rings. The van der Waals surface area contributed by atoms with Crippen LogP contribution in [0.3, 0.4) is 0 Å². The van der Waals surface area contributed by atoms with E-state index >= 15 is 0 Å². The van der Waals surface area contributed by atoms with Gasteiger partial charge in [-0.15, -0.1) is 0 Å². The van der Waals surface area contributed by atoms with Gasteiger partial charge in [-0.1, -0.05) is 24.6 Å². The number of aromatic nitrogens is 1. The number of pyridine rings is 1. The van der Waals surface area contributed by atoms with E-state index in [2.05, 4.69) is 36.3 Å². The molecule has 2 aromatic rings. The van der Waals surface area contributed by atoms with E-state index in [9.17, 15) is 0 Å². The monoisotopic (exact) mass is 274 g/mol. The van der Waals surface area contributed by atoms with E-state index in [0.29, 0.717) is 0 Å². The average Bonchev–Trinajstić information content (AvgIpc) is 2.42. The molecule has 0 amide bonds. The highest BCUT2D eigenvalue weighted by molar-refractivity contribution is 6.31. The lowest BCUT2D eigenvalue weighted by molar-refractivity contribution is 0.676. The molecule has 0 aliphatic carbocycles. The third kappa shape index (κ3) is 3.55. The van der Waals surface area contributed by atoms with Gasteiger partial charge in [-0.3, -0.25) is 4.98 Å². The van der Waals surface area contributed by atoms with Gasteiger partial charge in [-0.25, -0.2) is 0 Å². The smallest absolute Gasteiger partial charge is 0.0451 e. The predicted molar refractivity (Wildman–Crippen MR) is 81.4 cm³/mol. The van der Waals surface area contributed by atoms with Crippen molar-refractivity contribution in [3.8, 4) is 11.1 Å². The molecule has 0 saturated carbocycles. The van der Waals surface area contributed by atoms with Crippen molar-refractivity contribution in [1.82, 2.24) is 10.3 Å². The molecule has 19 heavy (non-hydrogen) atoms. The second-order valence-electron chi connectivity index (χ2n) is 4.67. The summed E-state index contributed by atoms with van der Waals surface area (Å²) in [6, 6.07) is 8.24. The molecule has 0 aliphatic heterocycles. The minimum atomic E-state index is 0.810. The Morgan fingerprint density at radius 3 is 2.84 bits per heavy atom. The summed E-state index contributed by atoms with van der Waals surface area (Å²) >= 11 is 6.25. The standard InChI is InChI=1S/C16H19ClN2/c1-3-7-18-11-14-9-13(4-5-16(14)17)15-6-8-19-10-12(15)2/h4-6,8-10,18H,3,7,11H2,1-2H3. The lowest BCUT2D eigenvalue weighted by atomic mass is 10.0. The van der Waals surface area contributed by atoms with Crippen molar-refractivity contribution in [2.45, 2.75) is 26.8 Å². The van der Waals surface area contributed by atoms with Crippen molar-refractivity contribution < 1.29 is 0 Å². The zero-order valence-corrected chi connectivity index (χ0v) is 12.2. The molecule has 0 radical (unpaired) electrons. The fourth-order valence-corrected chi connectivity index (χ4v) is 2.26. The Hall–Kier alpha value is -1.38. The van der Waals surface area contributed by atoms with Crippen molar-refractivity contribution in [3.05, 3.63) is 52.8 Å². The molecule has 100 valence electrons. The van der Waals surface area contributed by atoms with Gasteiger partial charge in [0, 0.05) is 24.0 Å². The summed E-state index contributed by atoms with van der Waals surface area (Å²) in [5, 5.41) is 4.21. The zero-order valence-electron chi connectivity index (χ0n) is 11.4. The Kier molecular flexibility index (Phi) is 4.94. The maximum atomic E-state index is 6.25. The Morgan fingerprint density at radius 2 is 2.11 bits per heavy atom. The van der Waals surface area contributed by atoms with Crippen LogP contribution in [0.15, 0.2) is 36.7 Å². The molecule has 0 atom stereocenters. The molecule has 3 heteroatoms. The Bertz CT molecular complexity index is 552. The SMILES string of the molecule is CCCNCc1cc(-c2ccncc2C)ccc1Cl. The number of hydrogen-bond donors (Lipinski definition) is 1. The van der Waals surface area contributed by atoms with E-state index in [1.54, 1.807) is 0 Å². The number of nitrogens with zero attached hydrogens (tertiary/aromatic N) is 1. The average molecular weight is 275 g/mol. The van der Waals surface area contributed by atoms with E-state index < -0.39 is 0 Å². The summed E-state index contributed by atoms with van der Waals surface area (Å²) in [4.78, 5) is 4.13. The molecule has 0 spiro atoms. The predicted octanol–water partition coefficient (Wildman–Crippen LogP) is 4.21. The number of rotatable bonds is 5. The number of halogens is 1. The lowest BCUT2D eigenvalue weighted by Gasteiger charge is -2.10. The number of benzene rings is 1. The van der Waals surface area contributed by atoms with Crippen molar-refractivity contribution >= 4 is 11.6 Å². The molecular formula is C16H19ClN2. The third-order valence-corrected chi connectivity index (χ3v) is 3.49. The molecule has 2 rings (SSSR count). The van der Waals surface area contributed by atoms with Crippen molar-refractivity contribution in [3.63, 3.8) is 0 Å². The topological polar surface area (TPSA) is 24.9 Å². The second kappa shape index (κ2) is 6.69. The minimum Gasteiger partial charge on any atom is -0.313 e. The summed E-state index contributed by atoms with van der Waals surface area (Å²) in [5.41, 5.74) is 4.72. The Morgan fingerprint density at radius 1 is 1.26 bits per heavy atom. The molecule has 0 bridgehead atoms. The highest BCUT2D eigenvalue weighted by Crippen LogP contribution is 2.27. The maximum absolute atomic E-state index is 6.25. The highest BCUT2D eigenvalue weighted by atomic mass is 35.5. The highest BCUT2D eigenvalue weighted by Gasteiger charge is 2.05. The van der Waals surface area contributed by atoms with Gasteiger partial charge in [-0.2, -0.15) is 0 Å². The maximum Gasteiger partial charge on any atom is 0.0451 e. The van der Waals surface area contributed by atoms with E-state index in [1.807, 2.05) is 24.5 Å². The molecule has 0 saturated heterocycles. The molecular weight excluding hydrogens is 256 g/mol. The molecule has 1 heterocycles. The normalized spacial score (nSPS) is 10.7. The van der Waals surface area contributed by atoms with E-state index in [4.69, 9.17) is 11.6 Å². The minimum absolute atomic E-state index is 0.810. The van der Waals surface area contributed by atoms with Crippen LogP contribution in [0.5, 0.6) is 0 Å². The van der Waals surface area contributed by atoms with Gasteiger partial charge in [0.15, 0.2) is 0 Å². The third-order valence-electron chi connectivity index (χ3n) is 3.12. The first-order chi connectivity index (χ1) is 9.22. The summed E-state index contributed by atoms with van der Waals surface area (Å²) in [6.07, 6.45) is 4.84. The van der Waals surface area contributed by atoms with Crippen LogP contribution in [0.4, 0.5) is 0 Å². The summed E-state index contributed by atoms with van der Waals surface area (Å²) in [7, 11) is 0. The van der Waals surface area contributed by atoms with Crippen molar-refractivity contribution in [2.75, 3.05) is 6.54 Å². The quantitative estimate of drug-likeness (QED) is 0.826. The first kappa shape index (κ1) is 14.0. The molecule has 0 aliphatic rings. The van der Waals surface area contributed by atoms with Crippen LogP contribution in [0, 0.1) is 6.92 Å². The van der Waals surface area contributed by atoms with Gasteiger partial charge in [-0.05, 0) is 60.3 Å². The van der Waals surface area contributed by atoms with Crippen molar-refractivity contribution in [1.29, 1.82) is 0 Å². The molecule has 1 aromatic heterocycles. The van der Waals surface area contributed by atoms with E-state index in [1.165, 1.54) is 16.7 Å².